The molecule has 26 heavy (non-hydrogen) atoms. The fourth-order valence-corrected chi connectivity index (χ4v) is 4.54. The first kappa shape index (κ1) is 17.4. The van der Waals surface area contributed by atoms with Crippen LogP contribution in [0.1, 0.15) is 24.7 Å². The van der Waals surface area contributed by atoms with E-state index in [2.05, 4.69) is 28.3 Å². The van der Waals surface area contributed by atoms with Crippen LogP contribution < -0.4 is 4.90 Å². The monoisotopic (exact) mass is 371 g/mol. The molecule has 2 aromatic heterocycles. The van der Waals surface area contributed by atoms with Crippen LogP contribution in [-0.2, 0) is 12.8 Å². The first-order valence-electron chi connectivity index (χ1n) is 8.97. The summed E-state index contributed by atoms with van der Waals surface area (Å²) in [7, 11) is 0. The maximum atomic E-state index is 13.2. The van der Waals surface area contributed by atoms with Gasteiger partial charge in [-0.2, -0.15) is 0 Å². The van der Waals surface area contributed by atoms with Gasteiger partial charge in [0.1, 0.15) is 22.3 Å². The van der Waals surface area contributed by atoms with Crippen LogP contribution in [0.3, 0.4) is 0 Å². The molecule has 0 bridgehead atoms. The van der Waals surface area contributed by atoms with E-state index in [-0.39, 0.29) is 17.8 Å². The lowest BCUT2D eigenvalue weighted by Gasteiger charge is -2.28. The van der Waals surface area contributed by atoms with Gasteiger partial charge in [-0.1, -0.05) is 19.1 Å². The van der Waals surface area contributed by atoms with Gasteiger partial charge in [-0.25, -0.2) is 14.4 Å². The highest BCUT2D eigenvalue weighted by molar-refractivity contribution is 7.16. The minimum atomic E-state index is -0.229. The van der Waals surface area contributed by atoms with E-state index >= 15 is 0 Å². The van der Waals surface area contributed by atoms with Gasteiger partial charge in [0.25, 0.3) is 0 Å². The van der Waals surface area contributed by atoms with E-state index in [0.717, 1.165) is 59.8 Å². The lowest BCUT2D eigenvalue weighted by atomic mass is 9.81. The molecule has 1 fully saturated rings. The van der Waals surface area contributed by atoms with Crippen molar-refractivity contribution in [1.82, 2.24) is 9.97 Å². The minimum Gasteiger partial charge on any atom is -0.396 e. The van der Waals surface area contributed by atoms with Crippen molar-refractivity contribution in [3.63, 3.8) is 0 Å². The zero-order valence-corrected chi connectivity index (χ0v) is 15.6. The molecule has 1 saturated heterocycles. The molecule has 0 aliphatic carbocycles. The Morgan fingerprint density at radius 3 is 2.77 bits per heavy atom. The molecule has 1 unspecified atom stereocenters. The summed E-state index contributed by atoms with van der Waals surface area (Å²) in [6.07, 6.45) is 2.42. The summed E-state index contributed by atoms with van der Waals surface area (Å²) in [6.45, 7) is 3.77. The second kappa shape index (κ2) is 6.93. The Morgan fingerprint density at radius 2 is 2.04 bits per heavy atom. The zero-order valence-electron chi connectivity index (χ0n) is 14.8. The molecule has 4 rings (SSSR count). The highest BCUT2D eigenvalue weighted by Crippen LogP contribution is 2.38. The van der Waals surface area contributed by atoms with Crippen molar-refractivity contribution in [3.05, 3.63) is 52.9 Å². The van der Waals surface area contributed by atoms with E-state index in [0.29, 0.717) is 0 Å². The van der Waals surface area contributed by atoms with Crippen molar-refractivity contribution >= 4 is 27.4 Å². The number of rotatable bonds is 5. The normalized spacial score (nSPS) is 20.2. The Morgan fingerprint density at radius 1 is 1.23 bits per heavy atom. The van der Waals surface area contributed by atoms with Crippen molar-refractivity contribution in [2.24, 2.45) is 5.41 Å². The summed E-state index contributed by atoms with van der Waals surface area (Å²) in [5, 5.41) is 13.3. The first-order chi connectivity index (χ1) is 12.6. The minimum absolute atomic E-state index is 0.110. The number of aliphatic hydroxyl groups excluding tert-OH is 1. The summed E-state index contributed by atoms with van der Waals surface area (Å²) < 4.78 is 13.2. The SMILES string of the molecule is CCc1nc(N2CCC(CO)(Cc3ccc(F)cc3)C2)c2ccsc2n1. The number of halogens is 1. The van der Waals surface area contributed by atoms with Crippen molar-refractivity contribution < 1.29 is 9.50 Å². The average Bonchev–Trinajstić information content (AvgIpc) is 3.30. The summed E-state index contributed by atoms with van der Waals surface area (Å²) in [6, 6.07) is 8.67. The summed E-state index contributed by atoms with van der Waals surface area (Å²) in [5.41, 5.74) is 0.831. The third-order valence-corrected chi connectivity index (χ3v) is 6.04. The molecule has 0 amide bonds. The maximum Gasteiger partial charge on any atom is 0.141 e. The molecule has 1 N–H and O–H groups in total. The smallest absolute Gasteiger partial charge is 0.141 e. The molecule has 3 aromatic rings. The van der Waals surface area contributed by atoms with Crippen LogP contribution in [-0.4, -0.2) is 34.8 Å². The number of benzene rings is 1. The summed E-state index contributed by atoms with van der Waals surface area (Å²) in [5.74, 6) is 1.60. The predicted octanol–water partition coefficient (Wildman–Crippen LogP) is 3.82. The molecule has 0 spiro atoms. The van der Waals surface area contributed by atoms with Crippen LogP contribution in [0.15, 0.2) is 35.7 Å². The molecule has 0 radical (unpaired) electrons. The summed E-state index contributed by atoms with van der Waals surface area (Å²) >= 11 is 1.64. The van der Waals surface area contributed by atoms with Crippen LogP contribution >= 0.6 is 11.3 Å². The van der Waals surface area contributed by atoms with E-state index < -0.39 is 0 Å². The number of hydrogen-bond acceptors (Lipinski definition) is 5. The van der Waals surface area contributed by atoms with Gasteiger partial charge in [0.15, 0.2) is 0 Å². The average molecular weight is 371 g/mol. The molecule has 1 aliphatic rings. The summed E-state index contributed by atoms with van der Waals surface area (Å²) in [4.78, 5) is 12.7. The number of aryl methyl sites for hydroxylation is 1. The molecule has 136 valence electrons. The number of nitrogens with zero attached hydrogens (tertiary/aromatic N) is 3. The molecule has 4 nitrogen and oxygen atoms in total. The Kier molecular flexibility index (Phi) is 4.63. The highest BCUT2D eigenvalue weighted by atomic mass is 32.1. The largest absolute Gasteiger partial charge is 0.396 e. The van der Waals surface area contributed by atoms with Crippen molar-refractivity contribution in [2.75, 3.05) is 24.6 Å². The number of aliphatic hydroxyl groups is 1. The van der Waals surface area contributed by atoms with Crippen LogP contribution in [0.4, 0.5) is 10.2 Å². The standard InChI is InChI=1S/C20H22FN3OS/c1-2-17-22-18(16-7-10-26-19(16)23-17)24-9-8-20(12-24,13-25)11-14-3-5-15(21)6-4-14/h3-7,10,25H,2,8-9,11-13H2,1H3. The molecule has 1 aromatic carbocycles. The second-order valence-corrected chi connectivity index (χ2v) is 7.98. The van der Waals surface area contributed by atoms with E-state index in [9.17, 15) is 9.50 Å². The molecule has 1 atom stereocenters. The fourth-order valence-electron chi connectivity index (χ4n) is 3.76. The number of thiophene rings is 1. The van der Waals surface area contributed by atoms with Crippen LogP contribution in [0.5, 0.6) is 0 Å². The van der Waals surface area contributed by atoms with E-state index in [4.69, 9.17) is 4.98 Å². The topological polar surface area (TPSA) is 49.2 Å². The maximum absolute atomic E-state index is 13.2. The quantitative estimate of drug-likeness (QED) is 0.741. The van der Waals surface area contributed by atoms with Gasteiger partial charge in [0.2, 0.25) is 0 Å². The van der Waals surface area contributed by atoms with Gasteiger partial charge in [0, 0.05) is 24.9 Å². The molecular weight excluding hydrogens is 349 g/mol. The van der Waals surface area contributed by atoms with Gasteiger partial charge in [-0.15, -0.1) is 11.3 Å². The Balaban J connectivity index is 1.62. The Labute approximate surface area is 156 Å². The van der Waals surface area contributed by atoms with E-state index in [1.807, 2.05) is 12.1 Å². The molecule has 0 saturated carbocycles. The Hall–Kier alpha value is -2.05. The first-order valence-corrected chi connectivity index (χ1v) is 9.85. The number of hydrogen-bond donors (Lipinski definition) is 1. The molecular formula is C20H22FN3OS. The number of anilines is 1. The predicted molar refractivity (Wildman–Crippen MR) is 103 cm³/mol. The van der Waals surface area contributed by atoms with Gasteiger partial charge < -0.3 is 10.0 Å². The van der Waals surface area contributed by atoms with Gasteiger partial charge in [-0.05, 0) is 42.0 Å². The lowest BCUT2D eigenvalue weighted by Crippen LogP contribution is -2.33. The molecule has 1 aliphatic heterocycles. The zero-order chi connectivity index (χ0) is 18.1. The van der Waals surface area contributed by atoms with E-state index in [1.165, 1.54) is 12.1 Å². The lowest BCUT2D eigenvalue weighted by molar-refractivity contribution is 0.144. The second-order valence-electron chi connectivity index (χ2n) is 7.09. The number of fused-ring (bicyclic) bond motifs is 1. The van der Waals surface area contributed by atoms with Crippen molar-refractivity contribution in [1.29, 1.82) is 0 Å². The van der Waals surface area contributed by atoms with Crippen LogP contribution in [0.25, 0.3) is 10.2 Å². The van der Waals surface area contributed by atoms with Crippen molar-refractivity contribution in [2.45, 2.75) is 26.2 Å². The van der Waals surface area contributed by atoms with Crippen molar-refractivity contribution in [3.8, 4) is 0 Å². The number of aromatic nitrogens is 2. The van der Waals surface area contributed by atoms with Gasteiger partial charge in [-0.3, -0.25) is 0 Å². The fraction of sp³-hybridized carbons (Fsp3) is 0.400. The molecule has 3 heterocycles. The molecule has 6 heteroatoms. The van der Waals surface area contributed by atoms with Gasteiger partial charge >= 0.3 is 0 Å². The Bertz CT molecular complexity index is 911. The van der Waals surface area contributed by atoms with Gasteiger partial charge in [0.05, 0.1) is 12.0 Å². The third-order valence-electron chi connectivity index (χ3n) is 5.23. The highest BCUT2D eigenvalue weighted by Gasteiger charge is 2.39. The third kappa shape index (κ3) is 3.19. The van der Waals surface area contributed by atoms with E-state index in [1.54, 1.807) is 11.3 Å². The van der Waals surface area contributed by atoms with Crippen LogP contribution in [0, 0.1) is 11.2 Å². The van der Waals surface area contributed by atoms with Crippen LogP contribution in [0.2, 0.25) is 0 Å².